The van der Waals surface area contributed by atoms with E-state index in [1.54, 1.807) is 62.1 Å². The Morgan fingerprint density at radius 1 is 1.21 bits per heavy atom. The van der Waals surface area contributed by atoms with Gasteiger partial charge < -0.3 is 25.1 Å². The number of nitriles is 1. The highest BCUT2D eigenvalue weighted by molar-refractivity contribution is 6.31. The highest BCUT2D eigenvalue weighted by Crippen LogP contribution is 2.29. The van der Waals surface area contributed by atoms with Crippen molar-refractivity contribution in [1.29, 1.82) is 5.26 Å². The van der Waals surface area contributed by atoms with Crippen molar-refractivity contribution >= 4 is 46.0 Å². The molecule has 1 aliphatic heterocycles. The number of piperazine rings is 1. The third-order valence-corrected chi connectivity index (χ3v) is 6.61. The van der Waals surface area contributed by atoms with Crippen molar-refractivity contribution < 1.29 is 23.9 Å². The van der Waals surface area contributed by atoms with Crippen molar-refractivity contribution in [3.63, 3.8) is 0 Å². The van der Waals surface area contributed by atoms with Crippen LogP contribution < -0.4 is 5.73 Å². The van der Waals surface area contributed by atoms with E-state index in [4.69, 9.17) is 32.1 Å². The van der Waals surface area contributed by atoms with E-state index in [1.807, 2.05) is 6.07 Å². The lowest BCUT2D eigenvalue weighted by molar-refractivity contribution is -0.159. The highest BCUT2D eigenvalue weighted by atomic mass is 35.5. The maximum atomic E-state index is 13.3. The van der Waals surface area contributed by atoms with Gasteiger partial charge in [0.25, 0.3) is 0 Å². The Bertz CT molecular complexity index is 1490. The number of anilines is 1. The van der Waals surface area contributed by atoms with Crippen molar-refractivity contribution in [2.45, 2.75) is 45.5 Å². The van der Waals surface area contributed by atoms with Gasteiger partial charge in [0, 0.05) is 46.9 Å². The SMILES string of the molecule is COC(=O)C1CN(Cc2[nH]c3ccc(Cl)cc3c2C(=O)OC(C)(C)C)CC(=O)N1Cc1ccc(C#N)c(N)c1. The number of esters is 2. The summed E-state index contributed by atoms with van der Waals surface area (Å²) in [5.74, 6) is -1.37. The summed E-state index contributed by atoms with van der Waals surface area (Å²) in [5, 5.41) is 10.2. The maximum Gasteiger partial charge on any atom is 0.341 e. The summed E-state index contributed by atoms with van der Waals surface area (Å²) in [7, 11) is 1.27. The monoisotopic (exact) mass is 551 g/mol. The lowest BCUT2D eigenvalue weighted by Gasteiger charge is -2.39. The van der Waals surface area contributed by atoms with E-state index in [0.29, 0.717) is 44.0 Å². The zero-order chi connectivity index (χ0) is 28.5. The van der Waals surface area contributed by atoms with Gasteiger partial charge in [0.15, 0.2) is 0 Å². The Kier molecular flexibility index (Phi) is 7.86. The fourth-order valence-electron chi connectivity index (χ4n) is 4.65. The van der Waals surface area contributed by atoms with Gasteiger partial charge in [-0.15, -0.1) is 0 Å². The molecule has 0 aliphatic carbocycles. The van der Waals surface area contributed by atoms with Crippen LogP contribution in [0.2, 0.25) is 5.02 Å². The fraction of sp³-hybridized carbons (Fsp3) is 0.357. The van der Waals surface area contributed by atoms with Gasteiger partial charge in [-0.3, -0.25) is 9.69 Å². The number of aromatic amines is 1. The number of hydrogen-bond acceptors (Lipinski definition) is 8. The molecule has 0 saturated carbocycles. The first-order valence-electron chi connectivity index (χ1n) is 12.3. The first kappa shape index (κ1) is 28.0. The fourth-order valence-corrected chi connectivity index (χ4v) is 4.83. The van der Waals surface area contributed by atoms with E-state index >= 15 is 0 Å². The molecule has 1 saturated heterocycles. The number of carbonyl (C=O) groups is 3. The molecule has 1 aromatic heterocycles. The van der Waals surface area contributed by atoms with Crippen LogP contribution in [0.25, 0.3) is 10.9 Å². The molecule has 0 bridgehead atoms. The van der Waals surface area contributed by atoms with E-state index in [-0.39, 0.29) is 32.1 Å². The summed E-state index contributed by atoms with van der Waals surface area (Å²) < 4.78 is 10.7. The average molecular weight is 552 g/mol. The van der Waals surface area contributed by atoms with Crippen LogP contribution in [-0.4, -0.2) is 64.5 Å². The van der Waals surface area contributed by atoms with E-state index in [0.717, 1.165) is 0 Å². The number of methoxy groups -OCH3 is 1. The molecule has 0 spiro atoms. The van der Waals surface area contributed by atoms with Crippen LogP contribution in [0.15, 0.2) is 36.4 Å². The number of H-pyrrole nitrogens is 1. The van der Waals surface area contributed by atoms with Gasteiger partial charge in [-0.05, 0) is 56.7 Å². The van der Waals surface area contributed by atoms with Gasteiger partial charge in [-0.2, -0.15) is 5.26 Å². The zero-order valence-corrected chi connectivity index (χ0v) is 23.0. The van der Waals surface area contributed by atoms with E-state index < -0.39 is 23.6 Å². The molecule has 1 aliphatic rings. The van der Waals surface area contributed by atoms with Gasteiger partial charge >= 0.3 is 11.9 Å². The molecule has 11 heteroatoms. The number of benzene rings is 2. The summed E-state index contributed by atoms with van der Waals surface area (Å²) >= 11 is 6.23. The van der Waals surface area contributed by atoms with E-state index in [2.05, 4.69) is 4.98 Å². The van der Waals surface area contributed by atoms with Gasteiger partial charge in [-0.25, -0.2) is 9.59 Å². The predicted molar refractivity (Wildman–Crippen MR) is 146 cm³/mol. The van der Waals surface area contributed by atoms with Gasteiger partial charge in [0.1, 0.15) is 17.7 Å². The number of fused-ring (bicyclic) bond motifs is 1. The normalized spacial score (nSPS) is 16.3. The minimum absolute atomic E-state index is 0.00311. The standard InChI is InChI=1S/C28H30ClN5O5/c1-28(2,3)39-27(37)25-19-10-18(29)7-8-21(19)32-22(25)13-33-14-23(26(36)38-4)34(24(35)15-33)12-16-5-6-17(11-30)20(31)9-16/h5-10,23,32H,12-15,31H2,1-4H3. The minimum Gasteiger partial charge on any atom is -0.467 e. The second-order valence-corrected chi connectivity index (χ2v) is 10.9. The Labute approximate surface area is 231 Å². The number of halogens is 1. The number of nitrogens with zero attached hydrogens (tertiary/aromatic N) is 3. The maximum absolute atomic E-state index is 13.3. The Morgan fingerprint density at radius 3 is 2.59 bits per heavy atom. The summed E-state index contributed by atoms with van der Waals surface area (Å²) in [6, 6.07) is 11.2. The summed E-state index contributed by atoms with van der Waals surface area (Å²) in [6.07, 6.45) is 0. The largest absolute Gasteiger partial charge is 0.467 e. The Morgan fingerprint density at radius 2 is 1.95 bits per heavy atom. The number of rotatable bonds is 6. The van der Waals surface area contributed by atoms with E-state index in [1.165, 1.54) is 12.0 Å². The molecule has 1 atom stereocenters. The summed E-state index contributed by atoms with van der Waals surface area (Å²) in [5.41, 5.74) is 8.11. The summed E-state index contributed by atoms with van der Waals surface area (Å²) in [6.45, 7) is 5.83. The number of nitrogens with one attached hydrogen (secondary N) is 1. The highest BCUT2D eigenvalue weighted by Gasteiger charge is 2.38. The quantitative estimate of drug-likeness (QED) is 0.349. The molecule has 39 heavy (non-hydrogen) atoms. The molecule has 204 valence electrons. The third-order valence-electron chi connectivity index (χ3n) is 6.37. The molecule has 2 heterocycles. The molecule has 3 N–H and O–H groups in total. The number of amides is 1. The number of aromatic nitrogens is 1. The van der Waals surface area contributed by atoms with Crippen molar-refractivity contribution in [2.24, 2.45) is 0 Å². The minimum atomic E-state index is -0.892. The summed E-state index contributed by atoms with van der Waals surface area (Å²) in [4.78, 5) is 45.9. The van der Waals surface area contributed by atoms with Gasteiger partial charge in [-0.1, -0.05) is 17.7 Å². The van der Waals surface area contributed by atoms with Crippen LogP contribution in [0.4, 0.5) is 5.69 Å². The number of nitrogens with two attached hydrogens (primary N) is 1. The zero-order valence-electron chi connectivity index (χ0n) is 22.2. The van der Waals surface area contributed by atoms with Crippen LogP contribution in [-0.2, 0) is 32.2 Å². The number of hydrogen-bond donors (Lipinski definition) is 2. The molecule has 2 aromatic carbocycles. The Balaban J connectivity index is 1.63. The van der Waals surface area contributed by atoms with E-state index in [9.17, 15) is 14.4 Å². The second-order valence-electron chi connectivity index (χ2n) is 10.4. The van der Waals surface area contributed by atoms with Crippen molar-refractivity contribution in [2.75, 3.05) is 25.9 Å². The molecular weight excluding hydrogens is 522 g/mol. The lowest BCUT2D eigenvalue weighted by Crippen LogP contribution is -2.58. The number of nitrogen functional groups attached to an aromatic ring is 1. The molecule has 3 aromatic rings. The number of carbonyl (C=O) groups excluding carboxylic acids is 3. The molecule has 1 unspecified atom stereocenters. The van der Waals surface area contributed by atoms with Crippen LogP contribution in [0, 0.1) is 11.3 Å². The predicted octanol–water partition coefficient (Wildman–Crippen LogP) is 3.62. The van der Waals surface area contributed by atoms with Crippen molar-refractivity contribution in [1.82, 2.24) is 14.8 Å². The van der Waals surface area contributed by atoms with Crippen molar-refractivity contribution in [3.8, 4) is 6.07 Å². The van der Waals surface area contributed by atoms with Gasteiger partial charge in [0.2, 0.25) is 5.91 Å². The van der Waals surface area contributed by atoms with Crippen LogP contribution in [0.5, 0.6) is 0 Å². The van der Waals surface area contributed by atoms with Crippen LogP contribution in [0.3, 0.4) is 0 Å². The average Bonchev–Trinajstić information content (AvgIpc) is 3.21. The molecule has 1 amide bonds. The number of ether oxygens (including phenoxy) is 2. The second kappa shape index (κ2) is 11.0. The molecule has 10 nitrogen and oxygen atoms in total. The topological polar surface area (TPSA) is 142 Å². The first-order valence-corrected chi connectivity index (χ1v) is 12.7. The Hall–Kier alpha value is -4.07. The van der Waals surface area contributed by atoms with Crippen LogP contribution >= 0.6 is 11.6 Å². The smallest absolute Gasteiger partial charge is 0.341 e. The lowest BCUT2D eigenvalue weighted by atomic mass is 10.1. The van der Waals surface area contributed by atoms with Gasteiger partial charge in [0.05, 0.1) is 24.8 Å². The van der Waals surface area contributed by atoms with Crippen LogP contribution in [0.1, 0.15) is 48.0 Å². The van der Waals surface area contributed by atoms with Crippen molar-refractivity contribution in [3.05, 3.63) is 63.8 Å². The first-order chi connectivity index (χ1) is 18.4. The third kappa shape index (κ3) is 6.16. The molecule has 0 radical (unpaired) electrons. The molecule has 1 fully saturated rings. The molecule has 4 rings (SSSR count). The molecular formula is C28H30ClN5O5.